The summed E-state index contributed by atoms with van der Waals surface area (Å²) in [5.41, 5.74) is 3.53. The zero-order valence-electron chi connectivity index (χ0n) is 20.5. The fourth-order valence-electron chi connectivity index (χ4n) is 3.70. The Morgan fingerprint density at radius 2 is 1.53 bits per heavy atom. The highest BCUT2D eigenvalue weighted by molar-refractivity contribution is 7.92. The molecule has 36 heavy (non-hydrogen) atoms. The Hall–Kier alpha value is -3.08. The van der Waals surface area contributed by atoms with Crippen LogP contribution >= 0.6 is 11.6 Å². The van der Waals surface area contributed by atoms with E-state index < -0.39 is 32.0 Å². The van der Waals surface area contributed by atoms with Crippen LogP contribution in [0.15, 0.2) is 65.6 Å². The molecule has 0 spiro atoms. The van der Waals surface area contributed by atoms with Crippen LogP contribution in [-0.2, 0) is 24.8 Å². The van der Waals surface area contributed by atoms with Gasteiger partial charge in [0, 0.05) is 10.7 Å². The third kappa shape index (κ3) is 6.37. The number of hydrogen-bond donors (Lipinski definition) is 2. The number of nitrogens with zero attached hydrogens (tertiary/aromatic N) is 1. The van der Waals surface area contributed by atoms with Crippen LogP contribution in [-0.4, -0.2) is 35.0 Å². The van der Waals surface area contributed by atoms with Gasteiger partial charge in [-0.25, -0.2) is 16.8 Å². The van der Waals surface area contributed by atoms with Crippen molar-refractivity contribution in [3.63, 3.8) is 0 Å². The number of aryl methyl sites for hydroxylation is 3. The number of carbonyl (C=O) groups excluding carboxylic acids is 1. The van der Waals surface area contributed by atoms with Gasteiger partial charge in [-0.3, -0.25) is 13.8 Å². The van der Waals surface area contributed by atoms with Crippen molar-refractivity contribution in [2.45, 2.75) is 38.6 Å². The second kappa shape index (κ2) is 10.5. The van der Waals surface area contributed by atoms with Gasteiger partial charge in [0.1, 0.15) is 6.04 Å². The molecule has 0 unspecified atom stereocenters. The van der Waals surface area contributed by atoms with Crippen LogP contribution in [0.2, 0.25) is 5.02 Å². The highest BCUT2D eigenvalue weighted by atomic mass is 35.5. The number of carbonyl (C=O) groups is 1. The molecule has 0 aliphatic carbocycles. The predicted octanol–water partition coefficient (Wildman–Crippen LogP) is 4.86. The van der Waals surface area contributed by atoms with Crippen molar-refractivity contribution in [3.05, 3.63) is 82.4 Å². The number of anilines is 3. The molecule has 3 rings (SSSR count). The second-order valence-electron chi connectivity index (χ2n) is 8.60. The highest BCUT2D eigenvalue weighted by Crippen LogP contribution is 2.29. The van der Waals surface area contributed by atoms with Crippen LogP contribution in [0.5, 0.6) is 0 Å². The Bertz CT molecular complexity index is 1510. The first-order chi connectivity index (χ1) is 16.7. The van der Waals surface area contributed by atoms with Crippen molar-refractivity contribution in [1.82, 2.24) is 0 Å². The predicted molar refractivity (Wildman–Crippen MR) is 145 cm³/mol. The molecule has 0 aliphatic heterocycles. The summed E-state index contributed by atoms with van der Waals surface area (Å²) >= 11 is 6.07. The van der Waals surface area contributed by atoms with Crippen LogP contribution < -0.4 is 14.3 Å². The lowest BCUT2D eigenvalue weighted by Crippen LogP contribution is -2.45. The van der Waals surface area contributed by atoms with Gasteiger partial charge in [0.25, 0.3) is 10.0 Å². The number of nitrogens with one attached hydrogen (secondary N) is 2. The number of hydrogen-bond acceptors (Lipinski definition) is 5. The summed E-state index contributed by atoms with van der Waals surface area (Å²) in [5.74, 6) is -0.594. The van der Waals surface area contributed by atoms with E-state index >= 15 is 0 Å². The molecule has 1 atom stereocenters. The lowest BCUT2D eigenvalue weighted by atomic mass is 10.1. The molecule has 0 heterocycles. The quantitative estimate of drug-likeness (QED) is 0.416. The van der Waals surface area contributed by atoms with E-state index in [4.69, 9.17) is 11.6 Å². The maximum atomic E-state index is 13.0. The second-order valence-corrected chi connectivity index (χ2v) is 12.6. The van der Waals surface area contributed by atoms with Crippen molar-refractivity contribution in [3.8, 4) is 0 Å². The maximum absolute atomic E-state index is 13.0. The largest absolute Gasteiger partial charge is 0.324 e. The van der Waals surface area contributed by atoms with Crippen LogP contribution in [0.3, 0.4) is 0 Å². The summed E-state index contributed by atoms with van der Waals surface area (Å²) in [6.45, 7) is 6.92. The molecule has 11 heteroatoms. The van der Waals surface area contributed by atoms with Crippen LogP contribution in [0.25, 0.3) is 0 Å². The summed E-state index contributed by atoms with van der Waals surface area (Å²) in [7, 11) is -7.68. The maximum Gasteiger partial charge on any atom is 0.261 e. The van der Waals surface area contributed by atoms with Crippen LogP contribution in [0.4, 0.5) is 17.1 Å². The fraction of sp³-hybridized carbons (Fsp3) is 0.240. The molecule has 3 aromatic rings. The van der Waals surface area contributed by atoms with Gasteiger partial charge in [0.2, 0.25) is 15.9 Å². The molecule has 0 aliphatic rings. The smallest absolute Gasteiger partial charge is 0.261 e. The summed E-state index contributed by atoms with van der Waals surface area (Å²) in [6, 6.07) is 14.7. The molecular weight excluding hydrogens is 522 g/mol. The van der Waals surface area contributed by atoms with E-state index in [2.05, 4.69) is 10.0 Å². The molecular formula is C25H28ClN3O5S2. The Balaban J connectivity index is 1.80. The van der Waals surface area contributed by atoms with Gasteiger partial charge in [-0.1, -0.05) is 35.4 Å². The number of benzene rings is 3. The average molecular weight is 550 g/mol. The molecule has 2 N–H and O–H groups in total. The van der Waals surface area contributed by atoms with Crippen molar-refractivity contribution in [2.24, 2.45) is 0 Å². The number of rotatable bonds is 8. The third-order valence-electron chi connectivity index (χ3n) is 5.56. The average Bonchev–Trinajstić information content (AvgIpc) is 2.77. The van der Waals surface area contributed by atoms with E-state index in [0.29, 0.717) is 27.6 Å². The van der Waals surface area contributed by atoms with Crippen molar-refractivity contribution in [1.29, 1.82) is 0 Å². The summed E-state index contributed by atoms with van der Waals surface area (Å²) in [4.78, 5) is 13.0. The van der Waals surface area contributed by atoms with Crippen LogP contribution in [0.1, 0.15) is 23.6 Å². The molecule has 0 bridgehead atoms. The normalized spacial score (nSPS) is 12.6. The molecule has 192 valence electrons. The molecule has 0 saturated heterocycles. The van der Waals surface area contributed by atoms with Crippen molar-refractivity contribution >= 4 is 54.6 Å². The van der Waals surface area contributed by atoms with Crippen molar-refractivity contribution < 1.29 is 21.6 Å². The SMILES string of the molecule is Cc1ccc(NS(=O)(=O)c2ccc(NC(=O)[C@@H](C)N(c3cc(Cl)ccc3C)S(C)(=O)=O)cc2)c(C)c1. The first kappa shape index (κ1) is 27.5. The minimum Gasteiger partial charge on any atom is -0.324 e. The summed E-state index contributed by atoms with van der Waals surface area (Å²) in [5, 5.41) is 2.98. The minimum atomic E-state index is -3.85. The number of sulfonamides is 2. The summed E-state index contributed by atoms with van der Waals surface area (Å²) < 4.78 is 54.3. The van der Waals surface area contributed by atoms with Gasteiger partial charge in [-0.15, -0.1) is 0 Å². The van der Waals surface area contributed by atoms with Gasteiger partial charge in [0.05, 0.1) is 22.5 Å². The van der Waals surface area contributed by atoms with E-state index in [1.165, 1.54) is 37.3 Å². The highest BCUT2D eigenvalue weighted by Gasteiger charge is 2.30. The Morgan fingerprint density at radius 1 is 0.889 bits per heavy atom. The monoisotopic (exact) mass is 549 g/mol. The number of halogens is 1. The standard InChI is InChI=1S/C25H28ClN3O5S2/c1-16-6-13-23(18(3)14-16)28-36(33,34)22-11-9-21(10-12-22)27-25(30)19(4)29(35(5,31)32)24-15-20(26)8-7-17(24)2/h6-15,19,28H,1-5H3,(H,27,30)/t19-/m1/s1. The van der Waals surface area contributed by atoms with Crippen LogP contribution in [0, 0.1) is 20.8 Å². The first-order valence-corrected chi connectivity index (χ1v) is 14.7. The van der Waals surface area contributed by atoms with E-state index in [1.807, 2.05) is 26.0 Å². The third-order valence-corrected chi connectivity index (χ3v) is 8.40. The first-order valence-electron chi connectivity index (χ1n) is 11.0. The zero-order valence-corrected chi connectivity index (χ0v) is 22.9. The van der Waals surface area contributed by atoms with Crippen molar-refractivity contribution in [2.75, 3.05) is 20.6 Å². The van der Waals surface area contributed by atoms with Gasteiger partial charge in [0.15, 0.2) is 0 Å². The lowest BCUT2D eigenvalue weighted by molar-refractivity contribution is -0.116. The molecule has 8 nitrogen and oxygen atoms in total. The Kier molecular flexibility index (Phi) is 8.02. The summed E-state index contributed by atoms with van der Waals surface area (Å²) in [6.07, 6.45) is 1.01. The van der Waals surface area contributed by atoms with E-state index in [1.54, 1.807) is 25.1 Å². The Labute approximate surface area is 217 Å². The van der Waals surface area contributed by atoms with Gasteiger partial charge in [-0.05, 0) is 81.3 Å². The fourth-order valence-corrected chi connectivity index (χ4v) is 6.22. The topological polar surface area (TPSA) is 113 Å². The van der Waals surface area contributed by atoms with Gasteiger partial charge < -0.3 is 5.32 Å². The Morgan fingerprint density at radius 3 is 2.11 bits per heavy atom. The molecule has 0 fully saturated rings. The van der Waals surface area contributed by atoms with E-state index in [-0.39, 0.29) is 4.90 Å². The van der Waals surface area contributed by atoms with Gasteiger partial charge in [-0.2, -0.15) is 0 Å². The zero-order chi connectivity index (χ0) is 26.8. The molecule has 0 aromatic heterocycles. The molecule has 0 radical (unpaired) electrons. The van der Waals surface area contributed by atoms with Gasteiger partial charge >= 0.3 is 0 Å². The van der Waals surface area contributed by atoms with E-state index in [9.17, 15) is 21.6 Å². The molecule has 0 saturated carbocycles. The number of amides is 1. The minimum absolute atomic E-state index is 0.0147. The molecule has 3 aromatic carbocycles. The van der Waals surface area contributed by atoms with E-state index in [0.717, 1.165) is 21.7 Å². The lowest BCUT2D eigenvalue weighted by Gasteiger charge is -2.29. The molecule has 1 amide bonds.